The average molecular weight is 329 g/mol. The lowest BCUT2D eigenvalue weighted by atomic mass is 10.2. The second-order valence-corrected chi connectivity index (χ2v) is 6.31. The summed E-state index contributed by atoms with van der Waals surface area (Å²) in [5.74, 6) is -0.0237. The number of amides is 3. The average Bonchev–Trinajstić information content (AvgIpc) is 3.22. The van der Waals surface area contributed by atoms with E-state index in [-0.39, 0.29) is 11.9 Å². The van der Waals surface area contributed by atoms with E-state index < -0.39 is 6.04 Å². The van der Waals surface area contributed by atoms with Crippen molar-refractivity contribution >= 4 is 29.0 Å². The van der Waals surface area contributed by atoms with Crippen molar-refractivity contribution in [3.63, 3.8) is 0 Å². The van der Waals surface area contributed by atoms with Gasteiger partial charge >= 0.3 is 6.03 Å². The number of carbonyl (C=O) groups is 2. The molecule has 0 aliphatic carbocycles. The topological polar surface area (TPSA) is 52.7 Å². The summed E-state index contributed by atoms with van der Waals surface area (Å²) in [6.45, 7) is 1.12. The van der Waals surface area contributed by atoms with Gasteiger partial charge in [0.05, 0.1) is 0 Å². The molecular weight excluding hydrogens is 310 g/mol. The minimum absolute atomic E-state index is 0.0237. The number of para-hydroxylation sites is 1. The number of nitrogens with zero attached hydrogens (tertiary/aromatic N) is 2. The lowest BCUT2D eigenvalue weighted by molar-refractivity contribution is -0.120. The van der Waals surface area contributed by atoms with Crippen LogP contribution in [-0.4, -0.2) is 36.5 Å². The first-order chi connectivity index (χ1) is 11.2. The molecule has 120 valence electrons. The smallest absolute Gasteiger partial charge is 0.318 e. The lowest BCUT2D eigenvalue weighted by Gasteiger charge is -2.24. The number of rotatable bonds is 4. The van der Waals surface area contributed by atoms with Gasteiger partial charge in [-0.25, -0.2) is 4.79 Å². The largest absolute Gasteiger partial charge is 0.334 e. The fourth-order valence-electron chi connectivity index (χ4n) is 2.73. The molecule has 1 aromatic heterocycles. The normalized spacial score (nSPS) is 17.3. The summed E-state index contributed by atoms with van der Waals surface area (Å²) >= 11 is 1.60. The molecule has 3 amide bonds. The third-order valence-corrected chi connectivity index (χ3v) is 4.79. The highest BCUT2D eigenvalue weighted by Gasteiger charge is 2.37. The summed E-state index contributed by atoms with van der Waals surface area (Å²) in [5.41, 5.74) is 1.95. The van der Waals surface area contributed by atoms with E-state index in [2.05, 4.69) is 5.32 Å². The minimum atomic E-state index is -0.405. The van der Waals surface area contributed by atoms with Gasteiger partial charge < -0.3 is 15.1 Å². The highest BCUT2D eigenvalue weighted by atomic mass is 32.1. The fraction of sp³-hybridized carbons (Fsp3) is 0.294. The molecule has 3 rings (SSSR count). The molecule has 1 aliphatic rings. The van der Waals surface area contributed by atoms with Gasteiger partial charge in [0.25, 0.3) is 0 Å². The van der Waals surface area contributed by atoms with Crippen molar-refractivity contribution in [1.82, 2.24) is 10.2 Å². The van der Waals surface area contributed by atoms with Crippen molar-refractivity contribution in [2.75, 3.05) is 18.5 Å². The van der Waals surface area contributed by atoms with E-state index >= 15 is 0 Å². The summed E-state index contributed by atoms with van der Waals surface area (Å²) in [6.07, 6.45) is 0.649. The highest BCUT2D eigenvalue weighted by Crippen LogP contribution is 2.23. The molecule has 1 unspecified atom stereocenters. The van der Waals surface area contributed by atoms with Gasteiger partial charge in [-0.05, 0) is 40.9 Å². The van der Waals surface area contributed by atoms with Crippen LogP contribution >= 0.6 is 11.3 Å². The van der Waals surface area contributed by atoms with E-state index in [1.807, 2.05) is 47.2 Å². The Kier molecular flexibility index (Phi) is 4.62. The van der Waals surface area contributed by atoms with E-state index in [1.54, 1.807) is 23.3 Å². The van der Waals surface area contributed by atoms with E-state index in [0.717, 1.165) is 11.3 Å². The quantitative estimate of drug-likeness (QED) is 0.938. The molecule has 0 spiro atoms. The van der Waals surface area contributed by atoms with Crippen molar-refractivity contribution < 1.29 is 9.59 Å². The predicted octanol–water partition coefficient (Wildman–Crippen LogP) is 2.70. The van der Waals surface area contributed by atoms with Gasteiger partial charge in [-0.3, -0.25) is 4.79 Å². The van der Waals surface area contributed by atoms with Crippen LogP contribution in [0.1, 0.15) is 12.0 Å². The lowest BCUT2D eigenvalue weighted by Crippen LogP contribution is -2.47. The molecule has 2 aromatic rings. The van der Waals surface area contributed by atoms with Crippen LogP contribution in [0.4, 0.5) is 10.5 Å². The number of benzene rings is 1. The molecule has 5 nitrogen and oxygen atoms in total. The predicted molar refractivity (Wildman–Crippen MR) is 91.5 cm³/mol. The van der Waals surface area contributed by atoms with Gasteiger partial charge in [0.15, 0.2) is 0 Å². The molecular formula is C17H19N3O2S. The van der Waals surface area contributed by atoms with Gasteiger partial charge in [0.2, 0.25) is 5.91 Å². The Morgan fingerprint density at radius 1 is 1.35 bits per heavy atom. The number of hydrogen-bond acceptors (Lipinski definition) is 3. The maximum Gasteiger partial charge on any atom is 0.318 e. The van der Waals surface area contributed by atoms with Crippen LogP contribution in [0.25, 0.3) is 0 Å². The Morgan fingerprint density at radius 2 is 2.13 bits per heavy atom. The number of hydrogen-bond donors (Lipinski definition) is 1. The number of likely N-dealkylation sites (N-methyl/N-ethyl adjacent to an activating group) is 1. The molecule has 0 saturated carbocycles. The fourth-order valence-corrected chi connectivity index (χ4v) is 3.39. The second-order valence-electron chi connectivity index (χ2n) is 5.53. The first-order valence-electron chi connectivity index (χ1n) is 7.55. The number of thiophene rings is 1. The minimum Gasteiger partial charge on any atom is -0.334 e. The van der Waals surface area contributed by atoms with E-state index in [0.29, 0.717) is 19.5 Å². The van der Waals surface area contributed by atoms with Crippen molar-refractivity contribution in [2.24, 2.45) is 0 Å². The molecule has 0 bridgehead atoms. The maximum absolute atomic E-state index is 12.6. The Hall–Kier alpha value is -2.34. The Bertz CT molecular complexity index is 672. The van der Waals surface area contributed by atoms with E-state index in [9.17, 15) is 9.59 Å². The molecule has 1 aliphatic heterocycles. The van der Waals surface area contributed by atoms with Crippen molar-refractivity contribution in [2.45, 2.75) is 19.0 Å². The zero-order valence-electron chi connectivity index (χ0n) is 12.9. The van der Waals surface area contributed by atoms with Gasteiger partial charge in [-0.2, -0.15) is 11.3 Å². The monoisotopic (exact) mass is 329 g/mol. The molecule has 6 heteroatoms. The van der Waals surface area contributed by atoms with Crippen molar-refractivity contribution in [3.8, 4) is 0 Å². The van der Waals surface area contributed by atoms with Gasteiger partial charge in [-0.1, -0.05) is 18.2 Å². The zero-order chi connectivity index (χ0) is 16.2. The molecule has 1 N–H and O–H groups in total. The van der Waals surface area contributed by atoms with Gasteiger partial charge in [0, 0.05) is 25.8 Å². The van der Waals surface area contributed by atoms with Crippen LogP contribution in [0, 0.1) is 0 Å². The molecule has 1 atom stereocenters. The Labute approximate surface area is 139 Å². The second kappa shape index (κ2) is 6.83. The van der Waals surface area contributed by atoms with Gasteiger partial charge in [-0.15, -0.1) is 0 Å². The molecule has 1 aromatic carbocycles. The molecule has 2 heterocycles. The van der Waals surface area contributed by atoms with Crippen LogP contribution in [0.2, 0.25) is 0 Å². The Morgan fingerprint density at radius 3 is 2.83 bits per heavy atom. The number of carbonyl (C=O) groups excluding carboxylic acids is 2. The van der Waals surface area contributed by atoms with Gasteiger partial charge in [0.1, 0.15) is 6.04 Å². The van der Waals surface area contributed by atoms with Crippen molar-refractivity contribution in [1.29, 1.82) is 0 Å². The summed E-state index contributed by atoms with van der Waals surface area (Å²) in [7, 11) is 1.68. The van der Waals surface area contributed by atoms with Crippen LogP contribution in [-0.2, 0) is 11.3 Å². The van der Waals surface area contributed by atoms with E-state index in [1.165, 1.54) is 4.90 Å². The third-order valence-electron chi connectivity index (χ3n) is 4.06. The summed E-state index contributed by atoms with van der Waals surface area (Å²) in [6, 6.07) is 10.9. The SMILES string of the molecule is CN(C(=O)NCc1ccsc1)C1CCN(c2ccccc2)C1=O. The van der Waals surface area contributed by atoms with E-state index in [4.69, 9.17) is 0 Å². The maximum atomic E-state index is 12.6. The molecule has 23 heavy (non-hydrogen) atoms. The Balaban J connectivity index is 1.60. The summed E-state index contributed by atoms with van der Waals surface area (Å²) in [4.78, 5) is 28.1. The van der Waals surface area contributed by atoms with Crippen molar-refractivity contribution in [3.05, 3.63) is 52.7 Å². The number of anilines is 1. The highest BCUT2D eigenvalue weighted by molar-refractivity contribution is 7.07. The van der Waals surface area contributed by atoms with Crippen LogP contribution in [0.15, 0.2) is 47.2 Å². The van der Waals surface area contributed by atoms with Crippen LogP contribution in [0.5, 0.6) is 0 Å². The number of nitrogens with one attached hydrogen (secondary N) is 1. The zero-order valence-corrected chi connectivity index (χ0v) is 13.8. The molecule has 1 saturated heterocycles. The first kappa shape index (κ1) is 15.6. The van der Waals surface area contributed by atoms with Crippen LogP contribution in [0.3, 0.4) is 0 Å². The molecule has 0 radical (unpaired) electrons. The number of urea groups is 1. The van der Waals surface area contributed by atoms with Crippen LogP contribution < -0.4 is 10.2 Å². The summed E-state index contributed by atoms with van der Waals surface area (Å²) < 4.78 is 0. The summed E-state index contributed by atoms with van der Waals surface area (Å²) in [5, 5.41) is 6.83. The standard InChI is InChI=1S/C17H19N3O2S/c1-19(17(22)18-11-13-8-10-23-12-13)15-7-9-20(16(15)21)14-5-3-2-4-6-14/h2-6,8,10,12,15H,7,9,11H2,1H3,(H,18,22). The molecule has 1 fully saturated rings. The third kappa shape index (κ3) is 3.37. The first-order valence-corrected chi connectivity index (χ1v) is 8.49.